The van der Waals surface area contributed by atoms with E-state index >= 15 is 0 Å². The van der Waals surface area contributed by atoms with Crippen molar-refractivity contribution in [3.8, 4) is 11.3 Å². The molecule has 1 aromatic heterocycles. The first-order valence-corrected chi connectivity index (χ1v) is 10.5. The summed E-state index contributed by atoms with van der Waals surface area (Å²) in [5.41, 5.74) is 13.8. The second kappa shape index (κ2) is 7.13. The van der Waals surface area contributed by atoms with Crippen molar-refractivity contribution in [3.63, 3.8) is 0 Å². The number of aromatic nitrogens is 1. The van der Waals surface area contributed by atoms with Gasteiger partial charge >= 0.3 is 0 Å². The summed E-state index contributed by atoms with van der Waals surface area (Å²) in [5.74, 6) is -0.713. The van der Waals surface area contributed by atoms with Crippen LogP contribution in [0.5, 0.6) is 0 Å². The van der Waals surface area contributed by atoms with Crippen LogP contribution in [0.1, 0.15) is 43.0 Å². The molecule has 0 bridgehead atoms. The Bertz CT molecular complexity index is 900. The van der Waals surface area contributed by atoms with Crippen molar-refractivity contribution >= 4 is 40.3 Å². The summed E-state index contributed by atoms with van der Waals surface area (Å²) in [6.45, 7) is 0. The standard InChI is InChI=1S/C20H22N4OS2/c21-16-14(19-23-13(11-27-19)12-7-3-1-4-8-12)20(9-5-2-6-10-20)15(17(22)25)18(26)24-16/h1,3-4,7-8,11,14-15H,2,5-6,9-10H2,(H2,22,25)(H2,21,24,26). The predicted molar refractivity (Wildman–Crippen MR) is 113 cm³/mol. The van der Waals surface area contributed by atoms with E-state index < -0.39 is 17.2 Å². The molecule has 1 aromatic carbocycles. The number of aliphatic imine (C=N–C) groups is 1. The smallest absolute Gasteiger partial charge is 0.228 e. The lowest BCUT2D eigenvalue weighted by atomic mass is 9.57. The van der Waals surface area contributed by atoms with Gasteiger partial charge in [0, 0.05) is 16.4 Å². The SMILES string of the molecule is NC(=O)C1C(=S)N=C(N)C(c2nc(-c3ccccc3)cs2)C12CCCCC2. The number of rotatable bonds is 3. The lowest BCUT2D eigenvalue weighted by Crippen LogP contribution is -2.54. The number of benzene rings is 1. The first-order chi connectivity index (χ1) is 13.0. The van der Waals surface area contributed by atoms with E-state index in [9.17, 15) is 4.79 Å². The third-order valence-corrected chi connectivity index (χ3v) is 7.08. The minimum atomic E-state index is -0.561. The van der Waals surface area contributed by atoms with E-state index in [1.807, 2.05) is 35.7 Å². The molecule has 5 nitrogen and oxygen atoms in total. The Labute approximate surface area is 167 Å². The predicted octanol–water partition coefficient (Wildman–Crippen LogP) is 3.64. The molecule has 1 spiro atoms. The molecule has 2 atom stereocenters. The number of thiazole rings is 1. The van der Waals surface area contributed by atoms with E-state index in [2.05, 4.69) is 4.99 Å². The zero-order valence-corrected chi connectivity index (χ0v) is 16.6. The van der Waals surface area contributed by atoms with Crippen molar-refractivity contribution in [3.05, 3.63) is 40.7 Å². The molecule has 1 aliphatic carbocycles. The van der Waals surface area contributed by atoms with E-state index in [0.29, 0.717) is 10.8 Å². The second-order valence-corrected chi connectivity index (χ2v) is 8.68. The number of nitrogens with zero attached hydrogens (tertiary/aromatic N) is 2. The zero-order chi connectivity index (χ0) is 19.0. The highest BCUT2D eigenvalue weighted by Crippen LogP contribution is 2.55. The van der Waals surface area contributed by atoms with Gasteiger partial charge in [0.05, 0.1) is 17.5 Å². The summed E-state index contributed by atoms with van der Waals surface area (Å²) in [6, 6.07) is 10.0. The molecular formula is C20H22N4OS2. The Morgan fingerprint density at radius 1 is 1.19 bits per heavy atom. The van der Waals surface area contributed by atoms with E-state index in [0.717, 1.165) is 48.4 Å². The van der Waals surface area contributed by atoms with Crippen LogP contribution >= 0.6 is 23.6 Å². The van der Waals surface area contributed by atoms with Gasteiger partial charge in [0.15, 0.2) is 0 Å². The first kappa shape index (κ1) is 18.3. The van der Waals surface area contributed by atoms with Crippen molar-refractivity contribution in [2.45, 2.75) is 38.0 Å². The lowest BCUT2D eigenvalue weighted by Gasteiger charge is -2.48. The van der Waals surface area contributed by atoms with Gasteiger partial charge in [-0.1, -0.05) is 61.8 Å². The second-order valence-electron chi connectivity index (χ2n) is 7.37. The zero-order valence-electron chi connectivity index (χ0n) is 14.9. The number of amides is 1. The highest BCUT2D eigenvalue weighted by atomic mass is 32.1. The van der Waals surface area contributed by atoms with Crippen LogP contribution in [-0.2, 0) is 4.79 Å². The van der Waals surface area contributed by atoms with Crippen LogP contribution in [0.15, 0.2) is 40.7 Å². The van der Waals surface area contributed by atoms with E-state index in [1.165, 1.54) is 0 Å². The first-order valence-electron chi connectivity index (χ1n) is 9.21. The van der Waals surface area contributed by atoms with Gasteiger partial charge < -0.3 is 11.5 Å². The Balaban J connectivity index is 1.82. The maximum absolute atomic E-state index is 12.4. The number of carbonyl (C=O) groups excluding carboxylic acids is 1. The number of thiocarbonyl (C=S) groups is 1. The van der Waals surface area contributed by atoms with Gasteiger partial charge in [0.2, 0.25) is 5.91 Å². The highest BCUT2D eigenvalue weighted by molar-refractivity contribution is 7.80. The molecule has 4 rings (SSSR count). The Morgan fingerprint density at radius 2 is 1.89 bits per heavy atom. The number of hydrogen-bond acceptors (Lipinski definition) is 5. The number of primary amides is 1. The van der Waals surface area contributed by atoms with Gasteiger partial charge in [-0.3, -0.25) is 4.79 Å². The van der Waals surface area contributed by atoms with Gasteiger partial charge in [0.25, 0.3) is 0 Å². The highest BCUT2D eigenvalue weighted by Gasteiger charge is 2.55. The molecule has 140 valence electrons. The molecule has 2 aromatic rings. The quantitative estimate of drug-likeness (QED) is 0.772. The number of amidine groups is 1. The minimum absolute atomic E-state index is 0.218. The van der Waals surface area contributed by atoms with Crippen LogP contribution < -0.4 is 11.5 Å². The number of nitrogens with two attached hydrogens (primary N) is 2. The van der Waals surface area contributed by atoms with Gasteiger partial charge in [0.1, 0.15) is 15.8 Å². The summed E-state index contributed by atoms with van der Waals surface area (Å²) >= 11 is 7.00. The van der Waals surface area contributed by atoms with Crippen molar-refractivity contribution in [2.75, 3.05) is 0 Å². The molecule has 2 heterocycles. The average molecular weight is 399 g/mol. The molecule has 0 radical (unpaired) electrons. The molecule has 1 saturated carbocycles. The molecule has 7 heteroatoms. The van der Waals surface area contributed by atoms with Gasteiger partial charge in [-0.15, -0.1) is 11.3 Å². The third kappa shape index (κ3) is 3.08. The van der Waals surface area contributed by atoms with E-state index in [4.69, 9.17) is 28.7 Å². The third-order valence-electron chi connectivity index (χ3n) is 5.84. The van der Waals surface area contributed by atoms with E-state index in [-0.39, 0.29) is 5.92 Å². The Kier molecular flexibility index (Phi) is 4.82. The van der Waals surface area contributed by atoms with Gasteiger partial charge in [-0.2, -0.15) is 0 Å². The Hall–Kier alpha value is -2.12. The van der Waals surface area contributed by atoms with Crippen molar-refractivity contribution in [1.29, 1.82) is 0 Å². The molecular weight excluding hydrogens is 376 g/mol. The van der Waals surface area contributed by atoms with Crippen LogP contribution in [-0.4, -0.2) is 21.7 Å². The van der Waals surface area contributed by atoms with Crippen LogP contribution in [0.4, 0.5) is 0 Å². The largest absolute Gasteiger partial charge is 0.387 e. The molecule has 4 N–H and O–H groups in total. The Morgan fingerprint density at radius 3 is 2.56 bits per heavy atom. The summed E-state index contributed by atoms with van der Waals surface area (Å²) in [4.78, 5) is 21.9. The van der Waals surface area contributed by atoms with Crippen molar-refractivity contribution in [1.82, 2.24) is 4.98 Å². The minimum Gasteiger partial charge on any atom is -0.387 e. The van der Waals surface area contributed by atoms with Crippen molar-refractivity contribution < 1.29 is 4.79 Å². The van der Waals surface area contributed by atoms with Crippen LogP contribution in [0.25, 0.3) is 11.3 Å². The molecule has 1 aliphatic heterocycles. The summed E-state index contributed by atoms with van der Waals surface area (Å²) in [5, 5.41) is 2.94. The molecule has 27 heavy (non-hydrogen) atoms. The number of hydrogen-bond donors (Lipinski definition) is 2. The summed E-state index contributed by atoms with van der Waals surface area (Å²) in [6.07, 6.45) is 4.95. The molecule has 2 aliphatic rings. The average Bonchev–Trinajstić information content (AvgIpc) is 3.12. The van der Waals surface area contributed by atoms with Crippen LogP contribution in [0.3, 0.4) is 0 Å². The lowest BCUT2D eigenvalue weighted by molar-refractivity contribution is -0.124. The number of carbonyl (C=O) groups is 1. The topological polar surface area (TPSA) is 94.4 Å². The molecule has 1 fully saturated rings. The fourth-order valence-corrected chi connectivity index (χ4v) is 6.21. The normalized spacial score (nSPS) is 24.6. The monoisotopic (exact) mass is 398 g/mol. The summed E-state index contributed by atoms with van der Waals surface area (Å²) in [7, 11) is 0. The fourth-order valence-electron chi connectivity index (χ4n) is 4.69. The maximum atomic E-state index is 12.4. The molecule has 1 amide bonds. The van der Waals surface area contributed by atoms with Crippen LogP contribution in [0, 0.1) is 11.3 Å². The molecule has 2 unspecified atom stereocenters. The summed E-state index contributed by atoms with van der Waals surface area (Å²) < 4.78 is 0. The van der Waals surface area contributed by atoms with Gasteiger partial charge in [-0.25, -0.2) is 9.98 Å². The van der Waals surface area contributed by atoms with Crippen molar-refractivity contribution in [2.24, 2.45) is 27.8 Å². The maximum Gasteiger partial charge on any atom is 0.228 e. The van der Waals surface area contributed by atoms with E-state index in [1.54, 1.807) is 11.3 Å². The van der Waals surface area contributed by atoms with Gasteiger partial charge in [-0.05, 0) is 12.8 Å². The van der Waals surface area contributed by atoms with Crippen LogP contribution in [0.2, 0.25) is 0 Å². The molecule has 0 saturated heterocycles. The fraction of sp³-hybridized carbons (Fsp3) is 0.400.